The number of fused-ring (bicyclic) bond motifs is 4. The molecule has 0 unspecified atom stereocenters. The smallest absolute Gasteiger partial charge is 0.0541 e. The Morgan fingerprint density at radius 3 is 2.09 bits per heavy atom. The van der Waals surface area contributed by atoms with E-state index >= 15 is 0 Å². The van der Waals surface area contributed by atoms with Gasteiger partial charge in [0, 0.05) is 33.5 Å². The summed E-state index contributed by atoms with van der Waals surface area (Å²) >= 11 is 0. The van der Waals surface area contributed by atoms with Crippen molar-refractivity contribution in [3.63, 3.8) is 0 Å². The number of rotatable bonds is 2. The Kier molecular flexibility index (Phi) is 4.70. The van der Waals surface area contributed by atoms with Crippen LogP contribution in [0.2, 0.25) is 0 Å². The van der Waals surface area contributed by atoms with Crippen LogP contribution in [0.15, 0.2) is 134 Å². The molecular formula is C31H24N2. The van der Waals surface area contributed by atoms with Crippen molar-refractivity contribution in [1.82, 2.24) is 4.57 Å². The molecule has 0 fully saturated rings. The zero-order chi connectivity index (χ0) is 22.2. The Morgan fingerprint density at radius 1 is 0.636 bits per heavy atom. The third-order valence-electron chi connectivity index (χ3n) is 6.32. The molecule has 0 saturated heterocycles. The summed E-state index contributed by atoms with van der Waals surface area (Å²) in [6, 6.07) is 34.6. The minimum absolute atomic E-state index is 0.886. The van der Waals surface area contributed by atoms with Crippen molar-refractivity contribution in [3.05, 3.63) is 139 Å². The molecule has 0 bridgehead atoms. The monoisotopic (exact) mass is 424 g/mol. The van der Waals surface area contributed by atoms with Gasteiger partial charge < -0.3 is 9.47 Å². The van der Waals surface area contributed by atoms with Crippen LogP contribution >= 0.6 is 0 Å². The summed E-state index contributed by atoms with van der Waals surface area (Å²) in [6.45, 7) is 4.40. The molecule has 5 aromatic rings. The van der Waals surface area contributed by atoms with E-state index in [0.717, 1.165) is 29.2 Å². The van der Waals surface area contributed by atoms with Crippen molar-refractivity contribution in [3.8, 4) is 5.69 Å². The largest absolute Gasteiger partial charge is 0.311 e. The second kappa shape index (κ2) is 7.99. The average Bonchev–Trinajstić information content (AvgIpc) is 3.22. The van der Waals surface area contributed by atoms with Gasteiger partial charge in [0.25, 0.3) is 0 Å². The topological polar surface area (TPSA) is 8.17 Å². The molecule has 0 radical (unpaired) electrons. The molecule has 2 nitrogen and oxygen atoms in total. The van der Waals surface area contributed by atoms with Gasteiger partial charge in [0.1, 0.15) is 0 Å². The summed E-state index contributed by atoms with van der Waals surface area (Å²) in [5.74, 6) is 0. The SMILES string of the molecule is C=C1/C=C\C=C/Cc2ccccc2N1c1cccc(-n2c3ccccc3c3ccccc32)c1. The first kappa shape index (κ1) is 19.4. The van der Waals surface area contributed by atoms with Crippen LogP contribution in [0.3, 0.4) is 0 Å². The van der Waals surface area contributed by atoms with Crippen LogP contribution in [0.5, 0.6) is 0 Å². The van der Waals surface area contributed by atoms with Crippen LogP contribution in [-0.2, 0) is 6.42 Å². The van der Waals surface area contributed by atoms with E-state index in [-0.39, 0.29) is 0 Å². The Balaban J connectivity index is 1.58. The lowest BCUT2D eigenvalue weighted by atomic mass is 10.1. The molecule has 1 aliphatic heterocycles. The summed E-state index contributed by atoms with van der Waals surface area (Å²) in [6.07, 6.45) is 9.32. The van der Waals surface area contributed by atoms with E-state index in [1.54, 1.807) is 0 Å². The molecule has 0 aliphatic carbocycles. The lowest BCUT2D eigenvalue weighted by molar-refractivity contribution is 1.14. The van der Waals surface area contributed by atoms with Gasteiger partial charge in [0.15, 0.2) is 0 Å². The maximum absolute atomic E-state index is 4.40. The maximum atomic E-state index is 4.40. The molecule has 33 heavy (non-hydrogen) atoms. The second-order valence-electron chi connectivity index (χ2n) is 8.34. The number of anilines is 2. The van der Waals surface area contributed by atoms with Crippen molar-refractivity contribution in [2.24, 2.45) is 0 Å². The zero-order valence-corrected chi connectivity index (χ0v) is 18.4. The van der Waals surface area contributed by atoms with Gasteiger partial charge in [-0.15, -0.1) is 0 Å². The summed E-state index contributed by atoms with van der Waals surface area (Å²) in [5.41, 5.74) is 8.04. The lowest BCUT2D eigenvalue weighted by Gasteiger charge is -2.28. The van der Waals surface area contributed by atoms with Crippen molar-refractivity contribution < 1.29 is 0 Å². The van der Waals surface area contributed by atoms with Crippen LogP contribution in [0.4, 0.5) is 11.4 Å². The molecule has 0 amide bonds. The summed E-state index contributed by atoms with van der Waals surface area (Å²) in [5, 5.41) is 2.54. The Bertz CT molecular complexity index is 1510. The normalized spacial score (nSPS) is 15.6. The van der Waals surface area contributed by atoms with Gasteiger partial charge in [0.2, 0.25) is 0 Å². The summed E-state index contributed by atoms with van der Waals surface area (Å²) < 4.78 is 2.36. The molecule has 1 aromatic heterocycles. The number of nitrogens with zero attached hydrogens (tertiary/aromatic N) is 2. The highest BCUT2D eigenvalue weighted by Crippen LogP contribution is 2.37. The van der Waals surface area contributed by atoms with Gasteiger partial charge in [0.05, 0.1) is 11.0 Å². The van der Waals surface area contributed by atoms with Crippen LogP contribution in [0.1, 0.15) is 5.56 Å². The summed E-state index contributed by atoms with van der Waals surface area (Å²) in [7, 11) is 0. The molecule has 0 atom stereocenters. The first-order valence-corrected chi connectivity index (χ1v) is 11.3. The molecule has 0 N–H and O–H groups in total. The number of allylic oxidation sites excluding steroid dienone is 4. The van der Waals surface area contributed by atoms with E-state index in [2.05, 4.69) is 137 Å². The van der Waals surface area contributed by atoms with Crippen molar-refractivity contribution in [1.29, 1.82) is 0 Å². The minimum atomic E-state index is 0.886. The van der Waals surface area contributed by atoms with E-state index in [1.165, 1.54) is 27.4 Å². The fourth-order valence-electron chi connectivity index (χ4n) is 4.85. The quantitative estimate of drug-likeness (QED) is 0.278. The molecule has 2 heterocycles. The molecule has 158 valence electrons. The maximum Gasteiger partial charge on any atom is 0.0541 e. The first-order chi connectivity index (χ1) is 16.3. The Hall–Kier alpha value is -4.30. The van der Waals surface area contributed by atoms with E-state index in [0.29, 0.717) is 0 Å². The predicted molar refractivity (Wildman–Crippen MR) is 140 cm³/mol. The van der Waals surface area contributed by atoms with Crippen molar-refractivity contribution in [2.75, 3.05) is 4.90 Å². The molecule has 0 spiro atoms. The standard InChI is InChI=1S/C31H24N2/c1-23-12-3-2-4-13-24-14-5-8-19-29(24)32(23)25-15-11-16-26(22-25)33-30-20-9-6-17-27(30)28-18-7-10-21-31(28)33/h2-12,14-22H,1,13H2/b4-2-,12-3-. The highest BCUT2D eigenvalue weighted by atomic mass is 15.1. The fourth-order valence-corrected chi connectivity index (χ4v) is 4.85. The highest BCUT2D eigenvalue weighted by molar-refractivity contribution is 6.09. The third-order valence-corrected chi connectivity index (χ3v) is 6.32. The zero-order valence-electron chi connectivity index (χ0n) is 18.4. The lowest BCUT2D eigenvalue weighted by Crippen LogP contribution is -2.16. The molecule has 6 rings (SSSR count). The fraction of sp³-hybridized carbons (Fsp3) is 0.0323. The molecular weight excluding hydrogens is 400 g/mol. The van der Waals surface area contributed by atoms with Crippen LogP contribution in [0, 0.1) is 0 Å². The van der Waals surface area contributed by atoms with E-state index in [9.17, 15) is 0 Å². The van der Waals surface area contributed by atoms with Crippen molar-refractivity contribution in [2.45, 2.75) is 6.42 Å². The molecule has 1 aliphatic rings. The number of para-hydroxylation sites is 3. The van der Waals surface area contributed by atoms with Gasteiger partial charge in [-0.3, -0.25) is 0 Å². The first-order valence-electron chi connectivity index (χ1n) is 11.3. The average molecular weight is 425 g/mol. The van der Waals surface area contributed by atoms with Crippen LogP contribution in [-0.4, -0.2) is 4.57 Å². The molecule has 2 heteroatoms. The van der Waals surface area contributed by atoms with Crippen LogP contribution in [0.25, 0.3) is 27.5 Å². The number of benzene rings is 4. The molecule has 0 saturated carbocycles. The number of aromatic nitrogens is 1. The summed E-state index contributed by atoms with van der Waals surface area (Å²) in [4.78, 5) is 2.26. The van der Waals surface area contributed by atoms with Gasteiger partial charge in [-0.25, -0.2) is 0 Å². The van der Waals surface area contributed by atoms with Gasteiger partial charge in [-0.2, -0.15) is 0 Å². The van der Waals surface area contributed by atoms with Gasteiger partial charge in [-0.05, 0) is 54.5 Å². The van der Waals surface area contributed by atoms with E-state index in [1.807, 2.05) is 0 Å². The Morgan fingerprint density at radius 2 is 1.30 bits per heavy atom. The number of hydrogen-bond acceptors (Lipinski definition) is 1. The van der Waals surface area contributed by atoms with E-state index < -0.39 is 0 Å². The van der Waals surface area contributed by atoms with Crippen LogP contribution < -0.4 is 4.90 Å². The van der Waals surface area contributed by atoms with Crippen molar-refractivity contribution >= 4 is 33.2 Å². The number of hydrogen-bond donors (Lipinski definition) is 0. The van der Waals surface area contributed by atoms with Gasteiger partial charge >= 0.3 is 0 Å². The van der Waals surface area contributed by atoms with Gasteiger partial charge in [-0.1, -0.05) is 85.5 Å². The second-order valence-corrected chi connectivity index (χ2v) is 8.34. The highest BCUT2D eigenvalue weighted by Gasteiger charge is 2.17. The predicted octanol–water partition coefficient (Wildman–Crippen LogP) is 8.10. The van der Waals surface area contributed by atoms with E-state index in [4.69, 9.17) is 0 Å². The third kappa shape index (κ3) is 3.28. The molecule has 4 aromatic carbocycles. The minimum Gasteiger partial charge on any atom is -0.311 e. The Labute approximate surface area is 194 Å².